The number of hydrogen-bond donors (Lipinski definition) is 2. The number of benzene rings is 2. The molecule has 1 amide bonds. The number of nitrogens with one attached hydrogen (secondary N) is 2. The SMILES string of the molecule is CC1CNCCCCO1.CCCCOCCn1c(=O)oc2ccc(-c3ccc(CC(C#N)NC=O)cc3)cc21. The van der Waals surface area contributed by atoms with Gasteiger partial charge in [-0.1, -0.05) is 43.7 Å². The number of hydrogen-bond acceptors (Lipinski definition) is 7. The minimum atomic E-state index is -0.551. The molecular formula is C30H40N4O5. The lowest BCUT2D eigenvalue weighted by atomic mass is 10.0. The predicted molar refractivity (Wildman–Crippen MR) is 151 cm³/mol. The van der Waals surface area contributed by atoms with Crippen LogP contribution in [-0.2, 0) is 27.2 Å². The number of amides is 1. The number of rotatable bonds is 11. The second kappa shape index (κ2) is 16.5. The van der Waals surface area contributed by atoms with E-state index in [4.69, 9.17) is 19.2 Å². The van der Waals surface area contributed by atoms with E-state index in [1.165, 1.54) is 12.8 Å². The summed E-state index contributed by atoms with van der Waals surface area (Å²) in [5, 5.41) is 14.9. The van der Waals surface area contributed by atoms with E-state index in [-0.39, 0.29) is 5.76 Å². The molecule has 0 aliphatic carbocycles. The van der Waals surface area contributed by atoms with Gasteiger partial charge in [0.15, 0.2) is 5.58 Å². The molecule has 0 radical (unpaired) electrons. The zero-order valence-corrected chi connectivity index (χ0v) is 23.0. The Bertz CT molecular complexity index is 1240. The van der Waals surface area contributed by atoms with Gasteiger partial charge >= 0.3 is 5.76 Å². The Kier molecular flexibility index (Phi) is 12.7. The second-order valence-corrected chi connectivity index (χ2v) is 9.63. The van der Waals surface area contributed by atoms with E-state index in [1.807, 2.05) is 36.4 Å². The van der Waals surface area contributed by atoms with Crippen LogP contribution in [0.3, 0.4) is 0 Å². The summed E-state index contributed by atoms with van der Waals surface area (Å²) < 4.78 is 18.0. The average molecular weight is 537 g/mol. The minimum Gasteiger partial charge on any atom is -0.408 e. The fraction of sp³-hybridized carbons (Fsp3) is 0.500. The van der Waals surface area contributed by atoms with Crippen LogP contribution in [0.1, 0.15) is 45.1 Å². The Morgan fingerprint density at radius 1 is 1.21 bits per heavy atom. The molecule has 2 unspecified atom stereocenters. The van der Waals surface area contributed by atoms with Crippen molar-refractivity contribution < 1.29 is 18.7 Å². The third-order valence-electron chi connectivity index (χ3n) is 6.50. The summed E-state index contributed by atoms with van der Waals surface area (Å²) in [7, 11) is 0. The molecule has 2 N–H and O–H groups in total. The van der Waals surface area contributed by atoms with Crippen LogP contribution in [-0.4, -0.2) is 56.0 Å². The third-order valence-corrected chi connectivity index (χ3v) is 6.50. The van der Waals surface area contributed by atoms with E-state index in [2.05, 4.69) is 30.6 Å². The normalized spacial score (nSPS) is 16.3. The predicted octanol–water partition coefficient (Wildman–Crippen LogP) is 4.03. The lowest BCUT2D eigenvalue weighted by molar-refractivity contribution is -0.109. The molecule has 0 bridgehead atoms. The van der Waals surface area contributed by atoms with E-state index in [0.717, 1.165) is 54.7 Å². The zero-order valence-electron chi connectivity index (χ0n) is 23.0. The molecule has 39 heavy (non-hydrogen) atoms. The van der Waals surface area contributed by atoms with Crippen LogP contribution >= 0.6 is 0 Å². The molecule has 1 aromatic heterocycles. The summed E-state index contributed by atoms with van der Waals surface area (Å²) in [6, 6.07) is 14.9. The molecule has 0 spiro atoms. The lowest BCUT2D eigenvalue weighted by Gasteiger charge is -2.16. The molecule has 2 atom stereocenters. The molecular weight excluding hydrogens is 496 g/mol. The van der Waals surface area contributed by atoms with Gasteiger partial charge in [-0.3, -0.25) is 9.36 Å². The molecule has 2 heterocycles. The summed E-state index contributed by atoms with van der Waals surface area (Å²) in [6.07, 6.45) is 5.92. The summed E-state index contributed by atoms with van der Waals surface area (Å²) in [6.45, 7) is 8.93. The van der Waals surface area contributed by atoms with Gasteiger partial charge in [-0.25, -0.2) is 4.79 Å². The van der Waals surface area contributed by atoms with E-state index < -0.39 is 6.04 Å². The molecule has 1 aliphatic rings. The van der Waals surface area contributed by atoms with Crippen LogP contribution in [0.25, 0.3) is 22.2 Å². The van der Waals surface area contributed by atoms with Crippen molar-refractivity contribution >= 4 is 17.5 Å². The zero-order chi connectivity index (χ0) is 27.9. The van der Waals surface area contributed by atoms with Gasteiger partial charge in [-0.15, -0.1) is 0 Å². The number of ether oxygens (including phenoxy) is 2. The first kappa shape index (κ1) is 30.1. The minimum absolute atomic E-state index is 0.387. The number of fused-ring (bicyclic) bond motifs is 1. The average Bonchev–Trinajstić information content (AvgIpc) is 3.25. The maximum absolute atomic E-state index is 12.2. The van der Waals surface area contributed by atoms with Gasteiger partial charge in [0.05, 0.1) is 30.8 Å². The quantitative estimate of drug-likeness (QED) is 0.281. The van der Waals surface area contributed by atoms with Gasteiger partial charge in [-0.05, 0) is 61.6 Å². The van der Waals surface area contributed by atoms with Crippen molar-refractivity contribution in [3.05, 3.63) is 58.6 Å². The topological polar surface area (TPSA) is 119 Å². The molecule has 0 saturated carbocycles. The van der Waals surface area contributed by atoms with Crippen molar-refractivity contribution in [3.63, 3.8) is 0 Å². The first-order valence-corrected chi connectivity index (χ1v) is 13.8. The van der Waals surface area contributed by atoms with Crippen molar-refractivity contribution in [2.45, 2.75) is 64.6 Å². The second-order valence-electron chi connectivity index (χ2n) is 9.63. The number of nitriles is 1. The van der Waals surface area contributed by atoms with Gasteiger partial charge in [0, 0.05) is 26.2 Å². The van der Waals surface area contributed by atoms with Crippen LogP contribution < -0.4 is 16.4 Å². The van der Waals surface area contributed by atoms with E-state index in [9.17, 15) is 9.59 Å². The Morgan fingerprint density at radius 2 is 2.00 bits per heavy atom. The van der Waals surface area contributed by atoms with Crippen LogP contribution in [0.15, 0.2) is 51.7 Å². The van der Waals surface area contributed by atoms with Crippen molar-refractivity contribution in [2.24, 2.45) is 0 Å². The first-order chi connectivity index (χ1) is 19.0. The van der Waals surface area contributed by atoms with Crippen molar-refractivity contribution in [2.75, 3.05) is 32.9 Å². The van der Waals surface area contributed by atoms with Crippen LogP contribution in [0.2, 0.25) is 0 Å². The van der Waals surface area contributed by atoms with Crippen LogP contribution in [0.4, 0.5) is 0 Å². The fourth-order valence-corrected chi connectivity index (χ4v) is 4.25. The molecule has 9 heteroatoms. The van der Waals surface area contributed by atoms with Crippen LogP contribution in [0.5, 0.6) is 0 Å². The molecule has 210 valence electrons. The number of unbranched alkanes of at least 4 members (excludes halogenated alkanes) is 1. The van der Waals surface area contributed by atoms with Crippen LogP contribution in [0, 0.1) is 11.3 Å². The number of oxazole rings is 1. The molecule has 3 aromatic rings. The maximum atomic E-state index is 12.2. The summed E-state index contributed by atoms with van der Waals surface area (Å²) in [5.41, 5.74) is 4.17. The van der Waals surface area contributed by atoms with E-state index >= 15 is 0 Å². The summed E-state index contributed by atoms with van der Waals surface area (Å²) >= 11 is 0. The number of carbonyl (C=O) groups excluding carboxylic acids is 1. The van der Waals surface area contributed by atoms with Crippen molar-refractivity contribution in [1.82, 2.24) is 15.2 Å². The number of aromatic nitrogens is 1. The summed E-state index contributed by atoms with van der Waals surface area (Å²) in [4.78, 5) is 22.8. The van der Waals surface area contributed by atoms with Gasteiger partial charge in [0.25, 0.3) is 0 Å². The van der Waals surface area contributed by atoms with Gasteiger partial charge in [-0.2, -0.15) is 5.26 Å². The van der Waals surface area contributed by atoms with Gasteiger partial charge in [0.1, 0.15) is 6.04 Å². The third kappa shape index (κ3) is 9.66. The highest BCUT2D eigenvalue weighted by atomic mass is 16.5. The molecule has 2 aromatic carbocycles. The fourth-order valence-electron chi connectivity index (χ4n) is 4.25. The maximum Gasteiger partial charge on any atom is 0.420 e. The Morgan fingerprint density at radius 3 is 2.74 bits per heavy atom. The Labute approximate surface area is 230 Å². The first-order valence-electron chi connectivity index (χ1n) is 13.8. The number of nitrogens with zero attached hydrogens (tertiary/aromatic N) is 2. The lowest BCUT2D eigenvalue weighted by Crippen LogP contribution is -2.30. The Hall–Kier alpha value is -3.45. The largest absolute Gasteiger partial charge is 0.420 e. The monoisotopic (exact) mass is 536 g/mol. The van der Waals surface area contributed by atoms with E-state index in [1.54, 1.807) is 10.6 Å². The molecule has 9 nitrogen and oxygen atoms in total. The standard InChI is InChI=1S/C23H25N3O4.C7H15NO/c1-2-3-11-29-12-10-26-21-14-19(8-9-22(21)30-23(26)28)18-6-4-17(5-7-18)13-20(15-24)25-16-27;1-7-6-8-4-2-3-5-9-7/h4-9,14,16,20H,2-3,10-13H2,1H3,(H,25,27);7-8H,2-6H2,1H3. The molecule has 1 aliphatic heterocycles. The van der Waals surface area contributed by atoms with Gasteiger partial charge in [0.2, 0.25) is 6.41 Å². The highest BCUT2D eigenvalue weighted by Gasteiger charge is 2.12. The van der Waals surface area contributed by atoms with Crippen molar-refractivity contribution in [3.8, 4) is 17.2 Å². The highest BCUT2D eigenvalue weighted by molar-refractivity contribution is 5.80. The molecule has 4 rings (SSSR count). The smallest absolute Gasteiger partial charge is 0.408 e. The molecule has 1 saturated heterocycles. The highest BCUT2D eigenvalue weighted by Crippen LogP contribution is 2.25. The Balaban J connectivity index is 0.000000395. The van der Waals surface area contributed by atoms with Gasteiger partial charge < -0.3 is 24.5 Å². The number of carbonyl (C=O) groups is 1. The summed E-state index contributed by atoms with van der Waals surface area (Å²) in [5.74, 6) is -0.387. The molecule has 1 fully saturated rings. The van der Waals surface area contributed by atoms with E-state index in [0.29, 0.717) is 44.3 Å². The van der Waals surface area contributed by atoms with Crippen molar-refractivity contribution in [1.29, 1.82) is 5.26 Å².